The summed E-state index contributed by atoms with van der Waals surface area (Å²) in [7, 11) is 0. The Balaban J connectivity index is 1.83. The molecule has 1 fully saturated rings. The molecule has 17 heavy (non-hydrogen) atoms. The van der Waals surface area contributed by atoms with Crippen LogP contribution < -0.4 is 10.1 Å². The maximum atomic E-state index is 5.93. The third-order valence-electron chi connectivity index (χ3n) is 2.75. The number of aromatic nitrogens is 2. The number of hydrogen-bond donors (Lipinski definition) is 1. The third-order valence-corrected chi connectivity index (χ3v) is 3.10. The largest absolute Gasteiger partial charge is 0.475 e. The molecular weight excluding hydrogens is 238 g/mol. The topological polar surface area (TPSA) is 47.0 Å². The van der Waals surface area contributed by atoms with Crippen molar-refractivity contribution in [2.45, 2.75) is 38.2 Å². The zero-order valence-corrected chi connectivity index (χ0v) is 10.9. The van der Waals surface area contributed by atoms with E-state index in [1.807, 2.05) is 19.9 Å². The molecule has 0 unspecified atom stereocenters. The van der Waals surface area contributed by atoms with Crippen molar-refractivity contribution >= 4 is 17.4 Å². The van der Waals surface area contributed by atoms with Gasteiger partial charge >= 0.3 is 0 Å². The van der Waals surface area contributed by atoms with Crippen molar-refractivity contribution in [3.8, 4) is 5.88 Å². The van der Waals surface area contributed by atoms with Crippen LogP contribution in [0.3, 0.4) is 0 Å². The number of alkyl halides is 1. The number of rotatable bonds is 5. The molecule has 1 heterocycles. The third kappa shape index (κ3) is 3.73. The van der Waals surface area contributed by atoms with Gasteiger partial charge in [0.2, 0.25) is 5.88 Å². The molecule has 0 atom stereocenters. The molecule has 0 amide bonds. The van der Waals surface area contributed by atoms with E-state index in [4.69, 9.17) is 16.3 Å². The van der Waals surface area contributed by atoms with Gasteiger partial charge in [0.25, 0.3) is 0 Å². The highest BCUT2D eigenvalue weighted by Gasteiger charge is 2.26. The van der Waals surface area contributed by atoms with Gasteiger partial charge in [-0.1, -0.05) is 0 Å². The first-order valence-corrected chi connectivity index (χ1v) is 6.43. The Morgan fingerprint density at radius 2 is 2.24 bits per heavy atom. The number of nitrogens with zero attached hydrogens (tertiary/aromatic N) is 2. The van der Waals surface area contributed by atoms with Gasteiger partial charge < -0.3 is 10.1 Å². The molecule has 1 aliphatic rings. The van der Waals surface area contributed by atoms with Crippen molar-refractivity contribution in [3.63, 3.8) is 0 Å². The Kier molecular flexibility index (Phi) is 4.05. The fraction of sp³-hybridized carbons (Fsp3) is 0.667. The lowest BCUT2D eigenvalue weighted by molar-refractivity contribution is 0.232. The second kappa shape index (κ2) is 5.54. The Morgan fingerprint density at radius 3 is 2.88 bits per heavy atom. The van der Waals surface area contributed by atoms with Gasteiger partial charge in [0.15, 0.2) is 0 Å². The fourth-order valence-corrected chi connectivity index (χ4v) is 2.32. The first-order valence-electron chi connectivity index (χ1n) is 6.00. The minimum Gasteiger partial charge on any atom is -0.475 e. The van der Waals surface area contributed by atoms with E-state index in [2.05, 4.69) is 15.3 Å². The molecule has 0 radical (unpaired) electrons. The maximum absolute atomic E-state index is 5.93. The number of halogens is 1. The van der Waals surface area contributed by atoms with Crippen LogP contribution in [-0.4, -0.2) is 28.0 Å². The van der Waals surface area contributed by atoms with E-state index in [1.165, 1.54) is 6.33 Å². The Bertz CT molecular complexity index is 367. The van der Waals surface area contributed by atoms with Crippen molar-refractivity contribution in [3.05, 3.63) is 12.4 Å². The molecule has 0 spiro atoms. The van der Waals surface area contributed by atoms with Crippen LogP contribution in [0.25, 0.3) is 0 Å². The van der Waals surface area contributed by atoms with Gasteiger partial charge in [0.05, 0.1) is 6.10 Å². The highest BCUT2D eigenvalue weighted by Crippen LogP contribution is 2.31. The molecule has 2 rings (SSSR count). The quantitative estimate of drug-likeness (QED) is 0.822. The summed E-state index contributed by atoms with van der Waals surface area (Å²) < 4.78 is 5.51. The van der Waals surface area contributed by atoms with Crippen molar-refractivity contribution in [1.29, 1.82) is 0 Å². The molecule has 1 aromatic rings. The molecule has 1 aromatic heterocycles. The first kappa shape index (κ1) is 12.4. The van der Waals surface area contributed by atoms with Crippen LogP contribution in [0.2, 0.25) is 0 Å². The van der Waals surface area contributed by atoms with Crippen LogP contribution in [0.4, 0.5) is 5.82 Å². The van der Waals surface area contributed by atoms with Crippen LogP contribution in [0.1, 0.15) is 26.7 Å². The molecule has 1 N–H and O–H groups in total. The second-order valence-electron chi connectivity index (χ2n) is 4.72. The van der Waals surface area contributed by atoms with Gasteiger partial charge in [0, 0.05) is 18.0 Å². The summed E-state index contributed by atoms with van der Waals surface area (Å²) in [6, 6.07) is 1.83. The predicted octanol–water partition coefficient (Wildman–Crippen LogP) is 2.69. The van der Waals surface area contributed by atoms with Gasteiger partial charge in [-0.05, 0) is 32.6 Å². The Hall–Kier alpha value is -1.03. The van der Waals surface area contributed by atoms with Gasteiger partial charge in [-0.15, -0.1) is 11.6 Å². The lowest BCUT2D eigenvalue weighted by atomic mass is 9.85. The monoisotopic (exact) mass is 255 g/mol. The normalized spacial score (nSPS) is 23.3. The zero-order valence-electron chi connectivity index (χ0n) is 10.2. The zero-order chi connectivity index (χ0) is 12.3. The molecule has 0 bridgehead atoms. The minimum atomic E-state index is 0.126. The summed E-state index contributed by atoms with van der Waals surface area (Å²) >= 11 is 5.93. The molecule has 0 aliphatic heterocycles. The average molecular weight is 256 g/mol. The standard InChI is InChI=1S/C12H18ClN3O/c1-8(2)17-12-5-11(15-7-16-12)14-6-9-3-10(13)4-9/h5,7-10H,3-4,6H2,1-2H3,(H,14,15,16). The van der Waals surface area contributed by atoms with E-state index in [-0.39, 0.29) is 6.10 Å². The number of ether oxygens (including phenoxy) is 1. The maximum Gasteiger partial charge on any atom is 0.218 e. The first-order chi connectivity index (χ1) is 8.13. The van der Waals surface area contributed by atoms with E-state index in [0.717, 1.165) is 25.2 Å². The van der Waals surface area contributed by atoms with Crippen molar-refractivity contribution in [1.82, 2.24) is 9.97 Å². The highest BCUT2D eigenvalue weighted by atomic mass is 35.5. The second-order valence-corrected chi connectivity index (χ2v) is 5.34. The lowest BCUT2D eigenvalue weighted by Crippen LogP contribution is -2.30. The van der Waals surface area contributed by atoms with Crippen molar-refractivity contribution in [2.24, 2.45) is 5.92 Å². The van der Waals surface area contributed by atoms with E-state index in [1.54, 1.807) is 0 Å². The van der Waals surface area contributed by atoms with Crippen molar-refractivity contribution < 1.29 is 4.74 Å². The summed E-state index contributed by atoms with van der Waals surface area (Å²) in [4.78, 5) is 8.22. The van der Waals surface area contributed by atoms with E-state index in [9.17, 15) is 0 Å². The Morgan fingerprint density at radius 1 is 1.47 bits per heavy atom. The van der Waals surface area contributed by atoms with E-state index < -0.39 is 0 Å². The number of hydrogen-bond acceptors (Lipinski definition) is 4. The summed E-state index contributed by atoms with van der Waals surface area (Å²) in [5, 5.41) is 3.66. The molecule has 94 valence electrons. The molecule has 0 saturated heterocycles. The Labute approximate surface area is 107 Å². The molecule has 1 aliphatic carbocycles. The molecule has 4 nitrogen and oxygen atoms in total. The highest BCUT2D eigenvalue weighted by molar-refractivity contribution is 6.21. The van der Waals surface area contributed by atoms with E-state index in [0.29, 0.717) is 17.2 Å². The predicted molar refractivity (Wildman–Crippen MR) is 68.7 cm³/mol. The lowest BCUT2D eigenvalue weighted by Gasteiger charge is -2.30. The summed E-state index contributed by atoms with van der Waals surface area (Å²) in [6.07, 6.45) is 3.83. The summed E-state index contributed by atoms with van der Waals surface area (Å²) in [5.74, 6) is 2.09. The molecular formula is C12H18ClN3O. The van der Waals surface area contributed by atoms with Gasteiger partial charge in [-0.25, -0.2) is 9.97 Å². The smallest absolute Gasteiger partial charge is 0.218 e. The molecule has 1 saturated carbocycles. The van der Waals surface area contributed by atoms with Crippen LogP contribution >= 0.6 is 11.6 Å². The van der Waals surface area contributed by atoms with E-state index >= 15 is 0 Å². The van der Waals surface area contributed by atoms with Gasteiger partial charge in [-0.3, -0.25) is 0 Å². The van der Waals surface area contributed by atoms with Crippen molar-refractivity contribution in [2.75, 3.05) is 11.9 Å². The SMILES string of the molecule is CC(C)Oc1cc(NCC2CC(Cl)C2)ncn1. The number of anilines is 1. The van der Waals surface area contributed by atoms with Crippen LogP contribution in [0.5, 0.6) is 5.88 Å². The van der Waals surface area contributed by atoms with Gasteiger partial charge in [0.1, 0.15) is 12.1 Å². The van der Waals surface area contributed by atoms with Crippen LogP contribution in [-0.2, 0) is 0 Å². The van der Waals surface area contributed by atoms with Crippen LogP contribution in [0.15, 0.2) is 12.4 Å². The van der Waals surface area contributed by atoms with Gasteiger partial charge in [-0.2, -0.15) is 0 Å². The molecule has 0 aromatic carbocycles. The average Bonchev–Trinajstić information content (AvgIpc) is 2.22. The van der Waals surface area contributed by atoms with Crippen LogP contribution in [0, 0.1) is 5.92 Å². The molecule has 5 heteroatoms. The summed E-state index contributed by atoms with van der Waals surface area (Å²) in [5.41, 5.74) is 0. The fourth-order valence-electron chi connectivity index (χ4n) is 1.81. The minimum absolute atomic E-state index is 0.126. The number of nitrogens with one attached hydrogen (secondary N) is 1. The summed E-state index contributed by atoms with van der Waals surface area (Å²) in [6.45, 7) is 4.87.